The summed E-state index contributed by atoms with van der Waals surface area (Å²) in [5, 5.41) is 4.10. The number of thiophene rings is 2. The zero-order valence-corrected chi connectivity index (χ0v) is 18.0. The van der Waals surface area contributed by atoms with Crippen LogP contribution in [0.3, 0.4) is 0 Å². The van der Waals surface area contributed by atoms with Gasteiger partial charge in [-0.1, -0.05) is 81.0 Å². The Hall–Kier alpha value is -2.23. The van der Waals surface area contributed by atoms with E-state index in [0.29, 0.717) is 0 Å². The Labute approximate surface area is 175 Å². The molecule has 2 heterocycles. The van der Waals surface area contributed by atoms with E-state index in [1.54, 1.807) is 11.3 Å². The first-order chi connectivity index (χ1) is 13.4. The predicted molar refractivity (Wildman–Crippen MR) is 121 cm³/mol. The van der Waals surface area contributed by atoms with Crippen molar-refractivity contribution in [3.8, 4) is 0 Å². The van der Waals surface area contributed by atoms with E-state index in [2.05, 4.69) is 74.7 Å². The van der Waals surface area contributed by atoms with Crippen molar-refractivity contribution < 1.29 is 4.79 Å². The maximum atomic E-state index is 13.6. The third kappa shape index (κ3) is 3.69. The van der Waals surface area contributed by atoms with Crippen molar-refractivity contribution in [2.24, 2.45) is 11.3 Å². The molecule has 2 aromatic heterocycles. The summed E-state index contributed by atoms with van der Waals surface area (Å²) < 4.78 is 0. The van der Waals surface area contributed by atoms with E-state index in [1.807, 2.05) is 23.6 Å². The van der Waals surface area contributed by atoms with Crippen molar-refractivity contribution >= 4 is 34.0 Å². The molecule has 28 heavy (non-hydrogen) atoms. The first-order valence-electron chi connectivity index (χ1n) is 9.55. The van der Waals surface area contributed by atoms with Crippen LogP contribution in [-0.4, -0.2) is 5.78 Å². The molecule has 1 aliphatic rings. The molecule has 1 aromatic carbocycles. The molecule has 0 saturated carbocycles. The molecule has 142 valence electrons. The van der Waals surface area contributed by atoms with E-state index in [9.17, 15) is 4.79 Å². The summed E-state index contributed by atoms with van der Waals surface area (Å²) >= 11 is 3.29. The number of carbonyl (C=O) groups excluding carboxylic acids is 1. The van der Waals surface area contributed by atoms with Crippen molar-refractivity contribution in [3.63, 3.8) is 0 Å². The van der Waals surface area contributed by atoms with Crippen molar-refractivity contribution in [2.45, 2.75) is 26.7 Å². The molecule has 3 aromatic rings. The van der Waals surface area contributed by atoms with Crippen LogP contribution in [0.1, 0.15) is 46.8 Å². The van der Waals surface area contributed by atoms with Gasteiger partial charge in [-0.05, 0) is 39.4 Å². The third-order valence-electron chi connectivity index (χ3n) is 5.27. The van der Waals surface area contributed by atoms with Gasteiger partial charge in [0.05, 0.1) is 10.8 Å². The zero-order valence-electron chi connectivity index (χ0n) is 16.4. The van der Waals surface area contributed by atoms with Crippen LogP contribution in [0.2, 0.25) is 0 Å². The first-order valence-corrected chi connectivity index (χ1v) is 11.3. The second-order valence-electron chi connectivity index (χ2n) is 8.20. The van der Waals surface area contributed by atoms with Crippen molar-refractivity contribution in [1.29, 1.82) is 0 Å². The number of benzene rings is 1. The molecule has 0 bridgehead atoms. The lowest BCUT2D eigenvalue weighted by Crippen LogP contribution is -2.31. The standard InChI is InChI=1S/C25H24OS2/c1-25(2,3)20-16-18(21-11-7-13-27-21)15-19(17-9-5-4-6-10-17)23(20)24(26)22-12-8-14-28-22/h4-16,19,23H,1-3H3. The molecule has 0 radical (unpaired) electrons. The molecule has 3 heteroatoms. The molecule has 1 nitrogen and oxygen atoms in total. The van der Waals surface area contributed by atoms with Gasteiger partial charge in [-0.25, -0.2) is 0 Å². The highest BCUT2D eigenvalue weighted by molar-refractivity contribution is 7.12. The lowest BCUT2D eigenvalue weighted by molar-refractivity contribution is 0.0922. The highest BCUT2D eigenvalue weighted by atomic mass is 32.1. The zero-order chi connectivity index (χ0) is 19.7. The van der Waals surface area contributed by atoms with E-state index in [1.165, 1.54) is 32.9 Å². The smallest absolute Gasteiger partial charge is 0.180 e. The number of Topliss-reactive ketones (excluding diaryl/α,β-unsaturated/α-hetero) is 1. The molecular formula is C25H24OS2. The van der Waals surface area contributed by atoms with Crippen LogP contribution >= 0.6 is 22.7 Å². The second-order valence-corrected chi connectivity index (χ2v) is 10.1. The summed E-state index contributed by atoms with van der Waals surface area (Å²) in [6, 6.07) is 18.6. The molecular weight excluding hydrogens is 380 g/mol. The van der Waals surface area contributed by atoms with Gasteiger partial charge in [0, 0.05) is 10.8 Å². The maximum absolute atomic E-state index is 13.6. The van der Waals surface area contributed by atoms with Gasteiger partial charge in [-0.15, -0.1) is 22.7 Å². The van der Waals surface area contributed by atoms with Gasteiger partial charge in [0.15, 0.2) is 5.78 Å². The molecule has 0 fully saturated rings. The molecule has 0 aliphatic heterocycles. The van der Waals surface area contributed by atoms with Crippen LogP contribution in [-0.2, 0) is 0 Å². The molecule has 0 amide bonds. The molecule has 0 N–H and O–H groups in total. The fourth-order valence-corrected chi connectivity index (χ4v) is 5.34. The number of hydrogen-bond donors (Lipinski definition) is 0. The largest absolute Gasteiger partial charge is 0.293 e. The quantitative estimate of drug-likeness (QED) is 0.412. The number of carbonyl (C=O) groups is 1. The molecule has 2 unspecified atom stereocenters. The van der Waals surface area contributed by atoms with E-state index in [0.717, 1.165) is 4.88 Å². The third-order valence-corrected chi connectivity index (χ3v) is 7.07. The fraction of sp³-hybridized carbons (Fsp3) is 0.240. The molecule has 4 rings (SSSR count). The molecule has 2 atom stereocenters. The number of rotatable bonds is 4. The average molecular weight is 405 g/mol. The van der Waals surface area contributed by atoms with Gasteiger partial charge < -0.3 is 0 Å². The second kappa shape index (κ2) is 7.65. The molecule has 1 aliphatic carbocycles. The summed E-state index contributed by atoms with van der Waals surface area (Å²) in [5.74, 6) is 0.0865. The summed E-state index contributed by atoms with van der Waals surface area (Å²) in [6.45, 7) is 6.65. The molecule has 0 spiro atoms. The summed E-state index contributed by atoms with van der Waals surface area (Å²) in [7, 11) is 0. The Morgan fingerprint density at radius 3 is 2.21 bits per heavy atom. The number of ketones is 1. The van der Waals surface area contributed by atoms with Crippen LogP contribution in [0.5, 0.6) is 0 Å². The fourth-order valence-electron chi connectivity index (χ4n) is 3.91. The average Bonchev–Trinajstić information content (AvgIpc) is 3.40. The highest BCUT2D eigenvalue weighted by Crippen LogP contribution is 2.47. The lowest BCUT2D eigenvalue weighted by Gasteiger charge is -2.37. The topological polar surface area (TPSA) is 17.1 Å². The van der Waals surface area contributed by atoms with Gasteiger partial charge in [0.1, 0.15) is 0 Å². The normalized spacial score (nSPS) is 19.8. The monoisotopic (exact) mass is 404 g/mol. The predicted octanol–water partition coefficient (Wildman–Crippen LogP) is 7.46. The van der Waals surface area contributed by atoms with E-state index in [4.69, 9.17) is 0 Å². The van der Waals surface area contributed by atoms with Gasteiger partial charge in [-0.2, -0.15) is 0 Å². The Balaban J connectivity index is 1.90. The van der Waals surface area contributed by atoms with E-state index in [-0.39, 0.29) is 23.0 Å². The van der Waals surface area contributed by atoms with Gasteiger partial charge in [0.2, 0.25) is 0 Å². The Kier molecular flexibility index (Phi) is 5.22. The van der Waals surface area contributed by atoms with Crippen LogP contribution in [0.4, 0.5) is 0 Å². The summed E-state index contributed by atoms with van der Waals surface area (Å²) in [4.78, 5) is 15.7. The van der Waals surface area contributed by atoms with E-state index < -0.39 is 0 Å². The summed E-state index contributed by atoms with van der Waals surface area (Å²) in [6.07, 6.45) is 4.56. The van der Waals surface area contributed by atoms with Gasteiger partial charge >= 0.3 is 0 Å². The van der Waals surface area contributed by atoms with Crippen LogP contribution < -0.4 is 0 Å². The number of allylic oxidation sites excluding steroid dienone is 4. The van der Waals surface area contributed by atoms with Crippen molar-refractivity contribution in [1.82, 2.24) is 0 Å². The van der Waals surface area contributed by atoms with E-state index >= 15 is 0 Å². The van der Waals surface area contributed by atoms with Crippen LogP contribution in [0.15, 0.2) is 83.1 Å². The maximum Gasteiger partial charge on any atom is 0.180 e. The van der Waals surface area contributed by atoms with Gasteiger partial charge in [-0.3, -0.25) is 4.79 Å². The Morgan fingerprint density at radius 1 is 0.893 bits per heavy atom. The highest BCUT2D eigenvalue weighted by Gasteiger charge is 2.39. The minimum absolute atomic E-state index is 0.0344. The van der Waals surface area contributed by atoms with Crippen molar-refractivity contribution in [2.75, 3.05) is 0 Å². The first kappa shape index (κ1) is 19.1. The lowest BCUT2D eigenvalue weighted by atomic mass is 9.66. The van der Waals surface area contributed by atoms with Crippen LogP contribution in [0, 0.1) is 11.3 Å². The molecule has 0 saturated heterocycles. The minimum atomic E-state index is -0.176. The minimum Gasteiger partial charge on any atom is -0.293 e. The number of hydrogen-bond acceptors (Lipinski definition) is 3. The van der Waals surface area contributed by atoms with Gasteiger partial charge in [0.25, 0.3) is 0 Å². The SMILES string of the molecule is CC(C)(C)C1=CC(c2cccs2)=CC(c2ccccc2)C1C(=O)c1cccs1. The van der Waals surface area contributed by atoms with Crippen molar-refractivity contribution in [3.05, 3.63) is 98.4 Å². The van der Waals surface area contributed by atoms with Crippen LogP contribution in [0.25, 0.3) is 5.57 Å². The summed E-state index contributed by atoms with van der Waals surface area (Å²) in [5.41, 5.74) is 3.54. The Bertz CT molecular complexity index is 1000. The Morgan fingerprint density at radius 2 is 1.61 bits per heavy atom.